The van der Waals surface area contributed by atoms with Crippen molar-refractivity contribution in [2.75, 3.05) is 53.6 Å². The number of nitrogens with one attached hydrogen (secondary N) is 3. The van der Waals surface area contributed by atoms with E-state index in [0.717, 1.165) is 44.1 Å². The molecule has 2 aliphatic rings. The van der Waals surface area contributed by atoms with E-state index in [1.807, 2.05) is 30.3 Å². The first kappa shape index (κ1) is 25.2. The summed E-state index contributed by atoms with van der Waals surface area (Å²) in [6.45, 7) is 10.6. The summed E-state index contributed by atoms with van der Waals surface area (Å²) in [6, 6.07) is 16.3. The Morgan fingerprint density at radius 1 is 1.11 bits per heavy atom. The molecule has 1 amide bonds. The summed E-state index contributed by atoms with van der Waals surface area (Å²) in [5.41, 5.74) is 4.80. The Labute approximate surface area is 223 Å². The highest BCUT2D eigenvalue weighted by atomic mass is 16.1. The zero-order valence-corrected chi connectivity index (χ0v) is 21.6. The van der Waals surface area contributed by atoms with Crippen molar-refractivity contribution in [3.63, 3.8) is 0 Å². The quantitative estimate of drug-likeness (QED) is 0.347. The zero-order chi connectivity index (χ0) is 26.5. The minimum atomic E-state index is -0.307. The predicted octanol–water partition coefficient (Wildman–Crippen LogP) is 4.98. The second kappa shape index (κ2) is 11.3. The monoisotopic (exact) mass is 508 g/mol. The van der Waals surface area contributed by atoms with Gasteiger partial charge in [-0.2, -0.15) is 10.2 Å². The second-order valence-corrected chi connectivity index (χ2v) is 9.56. The Balaban J connectivity index is 1.37. The number of hydrogen-bond acceptors (Lipinski definition) is 8. The first-order chi connectivity index (χ1) is 18.6. The maximum atomic E-state index is 12.2. The smallest absolute Gasteiger partial charge is 0.247 e. The van der Waals surface area contributed by atoms with Crippen LogP contribution in [0.4, 0.5) is 34.5 Å². The van der Waals surface area contributed by atoms with Crippen LogP contribution < -0.4 is 20.9 Å². The fourth-order valence-corrected chi connectivity index (χ4v) is 4.58. The van der Waals surface area contributed by atoms with Crippen molar-refractivity contribution in [2.24, 2.45) is 0 Å². The molecule has 1 aliphatic carbocycles. The molecule has 0 spiro atoms. The molecule has 2 heterocycles. The van der Waals surface area contributed by atoms with Crippen molar-refractivity contribution in [1.29, 1.82) is 5.26 Å². The molecule has 3 aromatic rings. The van der Waals surface area contributed by atoms with E-state index in [-0.39, 0.29) is 5.91 Å². The summed E-state index contributed by atoms with van der Waals surface area (Å²) in [5.74, 6) is 1.08. The number of carbonyl (C=O) groups is 1. The lowest BCUT2D eigenvalue weighted by Crippen LogP contribution is -2.46. The molecule has 1 aromatic heterocycles. The Hall–Kier alpha value is -4.42. The van der Waals surface area contributed by atoms with Crippen LogP contribution in [-0.4, -0.2) is 53.5 Å². The first-order valence-corrected chi connectivity index (χ1v) is 13.0. The van der Waals surface area contributed by atoms with Crippen molar-refractivity contribution in [3.05, 3.63) is 72.4 Å². The van der Waals surface area contributed by atoms with E-state index in [4.69, 9.17) is 0 Å². The zero-order valence-electron chi connectivity index (χ0n) is 21.6. The van der Waals surface area contributed by atoms with Crippen LogP contribution in [0.5, 0.6) is 0 Å². The topological polar surface area (TPSA) is 109 Å². The second-order valence-electron chi connectivity index (χ2n) is 9.56. The number of hydrogen-bond donors (Lipinski definition) is 3. The number of amides is 1. The number of anilines is 6. The van der Waals surface area contributed by atoms with Crippen LogP contribution in [-0.2, 0) is 4.79 Å². The van der Waals surface area contributed by atoms with E-state index in [2.05, 4.69) is 67.4 Å². The van der Waals surface area contributed by atoms with Gasteiger partial charge < -0.3 is 25.8 Å². The minimum Gasteiger partial charge on any atom is -0.369 e. The maximum Gasteiger partial charge on any atom is 0.247 e. The van der Waals surface area contributed by atoms with Gasteiger partial charge in [-0.3, -0.25) is 4.79 Å². The lowest BCUT2D eigenvalue weighted by atomic mass is 10.1. The van der Waals surface area contributed by atoms with Crippen molar-refractivity contribution >= 4 is 40.4 Å². The third-order valence-electron chi connectivity index (χ3n) is 7.01. The number of rotatable bonds is 9. The number of nitrogens with zero attached hydrogens (tertiary/aromatic N) is 5. The van der Waals surface area contributed by atoms with Gasteiger partial charge in [0.15, 0.2) is 5.82 Å². The van der Waals surface area contributed by atoms with Crippen LogP contribution >= 0.6 is 0 Å². The Kier molecular flexibility index (Phi) is 7.52. The summed E-state index contributed by atoms with van der Waals surface area (Å²) in [5, 5.41) is 19.0. The fraction of sp³-hybridized carbons (Fsp3) is 0.310. The molecule has 1 saturated heterocycles. The molecule has 0 unspecified atom stereocenters. The first-order valence-electron chi connectivity index (χ1n) is 13.0. The standard InChI is InChI=1S/C29H32N8O/c1-3-27(38)33-26-17-24(37-15-13-36(4-2)14-16-37)11-12-25(26)34-29-31-19-22(18-30)28(35-29)32-23-9-7-21(8-10-23)20-5-6-20/h3,7-12,17,19-20H,1,4-6,13-16H2,2H3,(H,33,38)(H2,31,32,34,35). The van der Waals surface area contributed by atoms with E-state index >= 15 is 0 Å². The molecule has 0 bridgehead atoms. The van der Waals surface area contributed by atoms with Gasteiger partial charge in [0.05, 0.1) is 17.6 Å². The van der Waals surface area contributed by atoms with Gasteiger partial charge in [0.2, 0.25) is 11.9 Å². The molecule has 38 heavy (non-hydrogen) atoms. The molecule has 5 rings (SSSR count). The average Bonchev–Trinajstić information content (AvgIpc) is 3.80. The number of piperazine rings is 1. The molecular weight excluding hydrogens is 476 g/mol. The molecule has 1 saturated carbocycles. The predicted molar refractivity (Wildman–Crippen MR) is 151 cm³/mol. The highest BCUT2D eigenvalue weighted by Crippen LogP contribution is 2.40. The Morgan fingerprint density at radius 3 is 2.53 bits per heavy atom. The third kappa shape index (κ3) is 5.93. The van der Waals surface area contributed by atoms with Crippen LogP contribution in [0.3, 0.4) is 0 Å². The summed E-state index contributed by atoms with van der Waals surface area (Å²) in [6.07, 6.45) is 5.22. The normalized spacial score (nSPS) is 15.4. The fourth-order valence-electron chi connectivity index (χ4n) is 4.58. The molecule has 2 fully saturated rings. The van der Waals surface area contributed by atoms with Gasteiger partial charge >= 0.3 is 0 Å². The SMILES string of the molecule is C=CC(=O)Nc1cc(N2CCN(CC)CC2)ccc1Nc1ncc(C#N)c(Nc2ccc(C3CC3)cc2)n1. The van der Waals surface area contributed by atoms with E-state index in [9.17, 15) is 10.1 Å². The van der Waals surface area contributed by atoms with Gasteiger partial charge in [-0.25, -0.2) is 4.98 Å². The molecular formula is C29H32N8O. The largest absolute Gasteiger partial charge is 0.369 e. The van der Waals surface area contributed by atoms with Crippen molar-refractivity contribution in [2.45, 2.75) is 25.7 Å². The van der Waals surface area contributed by atoms with Crippen LogP contribution in [0.1, 0.15) is 36.8 Å². The average molecular weight is 509 g/mol. The molecule has 0 atom stereocenters. The summed E-state index contributed by atoms with van der Waals surface area (Å²) >= 11 is 0. The highest BCUT2D eigenvalue weighted by molar-refractivity contribution is 6.02. The maximum absolute atomic E-state index is 12.2. The van der Waals surface area contributed by atoms with E-state index < -0.39 is 0 Å². The van der Waals surface area contributed by atoms with E-state index in [1.54, 1.807) is 0 Å². The van der Waals surface area contributed by atoms with E-state index in [0.29, 0.717) is 34.6 Å². The van der Waals surface area contributed by atoms with Gasteiger partial charge in [0.25, 0.3) is 0 Å². The Bertz CT molecular complexity index is 1350. The van der Waals surface area contributed by atoms with Crippen molar-refractivity contribution in [3.8, 4) is 6.07 Å². The van der Waals surface area contributed by atoms with Crippen LogP contribution in [0.2, 0.25) is 0 Å². The van der Waals surface area contributed by atoms with Crippen LogP contribution in [0, 0.1) is 11.3 Å². The van der Waals surface area contributed by atoms with Crippen LogP contribution in [0.25, 0.3) is 0 Å². The van der Waals surface area contributed by atoms with Crippen molar-refractivity contribution < 1.29 is 4.79 Å². The minimum absolute atomic E-state index is 0.305. The van der Waals surface area contributed by atoms with Gasteiger partial charge in [0, 0.05) is 37.6 Å². The summed E-state index contributed by atoms with van der Waals surface area (Å²) < 4.78 is 0. The molecule has 0 radical (unpaired) electrons. The number of nitriles is 1. The summed E-state index contributed by atoms with van der Waals surface area (Å²) in [4.78, 5) is 25.8. The van der Waals surface area contributed by atoms with Gasteiger partial charge in [0.1, 0.15) is 11.6 Å². The highest BCUT2D eigenvalue weighted by Gasteiger charge is 2.23. The molecule has 3 N–H and O–H groups in total. The van der Waals surface area contributed by atoms with Crippen LogP contribution in [0.15, 0.2) is 61.3 Å². The van der Waals surface area contributed by atoms with Crippen molar-refractivity contribution in [1.82, 2.24) is 14.9 Å². The lowest BCUT2D eigenvalue weighted by Gasteiger charge is -2.35. The van der Waals surface area contributed by atoms with Gasteiger partial charge in [-0.1, -0.05) is 25.6 Å². The molecule has 1 aliphatic heterocycles. The molecule has 9 nitrogen and oxygen atoms in total. The van der Waals surface area contributed by atoms with Gasteiger partial charge in [-0.05, 0) is 67.3 Å². The molecule has 9 heteroatoms. The number of benzene rings is 2. The third-order valence-corrected chi connectivity index (χ3v) is 7.01. The lowest BCUT2D eigenvalue weighted by molar-refractivity contribution is -0.111. The number of likely N-dealkylation sites (N-methyl/N-ethyl adjacent to an activating group) is 1. The Morgan fingerprint density at radius 2 is 1.87 bits per heavy atom. The molecule has 194 valence electrons. The van der Waals surface area contributed by atoms with Gasteiger partial charge in [-0.15, -0.1) is 0 Å². The van der Waals surface area contributed by atoms with E-state index in [1.165, 1.54) is 30.7 Å². The number of carbonyl (C=O) groups excluding carboxylic acids is 1. The molecule has 2 aromatic carbocycles. The summed E-state index contributed by atoms with van der Waals surface area (Å²) in [7, 11) is 0. The number of aromatic nitrogens is 2.